The van der Waals surface area contributed by atoms with E-state index in [0.717, 1.165) is 6.07 Å². The van der Waals surface area contributed by atoms with Gasteiger partial charge in [-0.25, -0.2) is 9.37 Å². The van der Waals surface area contributed by atoms with Crippen LogP contribution in [0.2, 0.25) is 0 Å². The van der Waals surface area contributed by atoms with Gasteiger partial charge in [0.05, 0.1) is 0 Å². The van der Waals surface area contributed by atoms with Gasteiger partial charge in [-0.2, -0.15) is 18.2 Å². The quantitative estimate of drug-likeness (QED) is 0.421. The van der Waals surface area contributed by atoms with E-state index < -0.39 is 23.4 Å². The second-order valence-corrected chi connectivity index (χ2v) is 7.67. The largest absolute Gasteiger partial charge is 0.421 e. The molecule has 162 valence electrons. The maximum atomic E-state index is 13.4. The SMILES string of the molecule is Fc1cccc(Nc2nc(Nc3ccc(C4CCCCC4)cc3)ncc2C(F)(F)F)c1. The topological polar surface area (TPSA) is 49.8 Å². The summed E-state index contributed by atoms with van der Waals surface area (Å²) in [7, 11) is 0. The number of rotatable bonds is 5. The Morgan fingerprint density at radius 3 is 2.29 bits per heavy atom. The van der Waals surface area contributed by atoms with E-state index in [-0.39, 0.29) is 11.6 Å². The highest BCUT2D eigenvalue weighted by Crippen LogP contribution is 2.36. The summed E-state index contributed by atoms with van der Waals surface area (Å²) in [4.78, 5) is 7.81. The van der Waals surface area contributed by atoms with Gasteiger partial charge >= 0.3 is 6.18 Å². The van der Waals surface area contributed by atoms with E-state index >= 15 is 0 Å². The van der Waals surface area contributed by atoms with Crippen LogP contribution in [0.3, 0.4) is 0 Å². The van der Waals surface area contributed by atoms with E-state index in [9.17, 15) is 17.6 Å². The number of benzene rings is 2. The molecular formula is C23H22F4N4. The molecule has 0 spiro atoms. The Morgan fingerprint density at radius 1 is 0.871 bits per heavy atom. The van der Waals surface area contributed by atoms with Crippen molar-refractivity contribution < 1.29 is 17.6 Å². The monoisotopic (exact) mass is 430 g/mol. The van der Waals surface area contributed by atoms with Gasteiger partial charge in [-0.1, -0.05) is 37.5 Å². The first-order chi connectivity index (χ1) is 14.9. The summed E-state index contributed by atoms with van der Waals surface area (Å²) >= 11 is 0. The Hall–Kier alpha value is -3.16. The van der Waals surface area contributed by atoms with Crippen LogP contribution in [0.1, 0.15) is 49.1 Å². The van der Waals surface area contributed by atoms with Crippen molar-refractivity contribution in [2.45, 2.75) is 44.2 Å². The maximum Gasteiger partial charge on any atom is 0.421 e. The standard InChI is InChI=1S/C23H22F4N4/c24-17-7-4-8-19(13-17)29-21-20(23(25,26)27)14-28-22(31-21)30-18-11-9-16(10-12-18)15-5-2-1-3-6-15/h4,7-15H,1-3,5-6H2,(H2,28,29,30,31). The van der Waals surface area contributed by atoms with Crippen LogP contribution in [0.15, 0.2) is 54.7 Å². The van der Waals surface area contributed by atoms with E-state index in [1.807, 2.05) is 24.3 Å². The van der Waals surface area contributed by atoms with Crippen molar-refractivity contribution in [3.05, 3.63) is 71.7 Å². The number of aromatic nitrogens is 2. The third-order valence-electron chi connectivity index (χ3n) is 5.42. The Labute approximate surface area is 177 Å². The van der Waals surface area contributed by atoms with Gasteiger partial charge in [0.25, 0.3) is 0 Å². The summed E-state index contributed by atoms with van der Waals surface area (Å²) < 4.78 is 53.6. The zero-order valence-electron chi connectivity index (χ0n) is 16.7. The molecule has 4 nitrogen and oxygen atoms in total. The van der Waals surface area contributed by atoms with Crippen molar-refractivity contribution in [2.75, 3.05) is 10.6 Å². The fraction of sp³-hybridized carbons (Fsp3) is 0.304. The highest BCUT2D eigenvalue weighted by molar-refractivity contribution is 5.63. The first-order valence-corrected chi connectivity index (χ1v) is 10.2. The minimum Gasteiger partial charge on any atom is -0.339 e. The number of hydrogen-bond donors (Lipinski definition) is 2. The molecule has 0 bridgehead atoms. The molecule has 2 N–H and O–H groups in total. The van der Waals surface area contributed by atoms with Crippen LogP contribution < -0.4 is 10.6 Å². The zero-order valence-corrected chi connectivity index (χ0v) is 16.7. The smallest absolute Gasteiger partial charge is 0.339 e. The third-order valence-corrected chi connectivity index (χ3v) is 5.42. The molecule has 4 rings (SSSR count). The Balaban J connectivity index is 1.55. The molecule has 1 saturated carbocycles. The molecule has 0 atom stereocenters. The van der Waals surface area contributed by atoms with Crippen molar-refractivity contribution in [2.24, 2.45) is 0 Å². The minimum atomic E-state index is -4.66. The van der Waals surface area contributed by atoms with Crippen LogP contribution in [0.5, 0.6) is 0 Å². The molecule has 1 aliphatic carbocycles. The molecule has 1 aliphatic rings. The Bertz CT molecular complexity index is 1030. The van der Waals surface area contributed by atoms with Gasteiger partial charge in [0, 0.05) is 17.6 Å². The van der Waals surface area contributed by atoms with Crippen LogP contribution in [0, 0.1) is 5.82 Å². The second-order valence-electron chi connectivity index (χ2n) is 7.67. The van der Waals surface area contributed by atoms with Gasteiger partial charge in [-0.05, 0) is 54.7 Å². The average Bonchev–Trinajstić information content (AvgIpc) is 2.74. The van der Waals surface area contributed by atoms with Crippen molar-refractivity contribution >= 4 is 23.1 Å². The number of anilines is 4. The molecule has 0 amide bonds. The molecule has 3 aromatic rings. The summed E-state index contributed by atoms with van der Waals surface area (Å²) in [6.45, 7) is 0. The van der Waals surface area contributed by atoms with Crippen molar-refractivity contribution in [1.82, 2.24) is 9.97 Å². The average molecular weight is 430 g/mol. The van der Waals surface area contributed by atoms with Crippen LogP contribution in [-0.4, -0.2) is 9.97 Å². The van der Waals surface area contributed by atoms with Gasteiger partial charge in [-0.15, -0.1) is 0 Å². The second kappa shape index (κ2) is 8.91. The van der Waals surface area contributed by atoms with Gasteiger partial charge in [0.15, 0.2) is 0 Å². The molecule has 0 aliphatic heterocycles. The van der Waals surface area contributed by atoms with Gasteiger partial charge in [-0.3, -0.25) is 0 Å². The maximum absolute atomic E-state index is 13.4. The number of hydrogen-bond acceptors (Lipinski definition) is 4. The molecule has 2 aromatic carbocycles. The number of nitrogens with one attached hydrogen (secondary N) is 2. The summed E-state index contributed by atoms with van der Waals surface area (Å²) in [6, 6.07) is 13.0. The van der Waals surface area contributed by atoms with Crippen LogP contribution in [0.25, 0.3) is 0 Å². The molecule has 0 radical (unpaired) electrons. The first kappa shape index (κ1) is 21.1. The molecule has 1 aromatic heterocycles. The fourth-order valence-corrected chi connectivity index (χ4v) is 3.85. The highest BCUT2D eigenvalue weighted by atomic mass is 19.4. The van der Waals surface area contributed by atoms with E-state index in [1.165, 1.54) is 55.9 Å². The lowest BCUT2D eigenvalue weighted by Gasteiger charge is -2.22. The molecule has 0 saturated heterocycles. The van der Waals surface area contributed by atoms with E-state index in [2.05, 4.69) is 20.6 Å². The van der Waals surface area contributed by atoms with E-state index in [0.29, 0.717) is 17.8 Å². The van der Waals surface area contributed by atoms with Gasteiger partial charge in [0.2, 0.25) is 5.95 Å². The lowest BCUT2D eigenvalue weighted by molar-refractivity contribution is -0.137. The van der Waals surface area contributed by atoms with E-state index in [1.54, 1.807) is 0 Å². The third kappa shape index (κ3) is 5.31. The molecule has 1 fully saturated rings. The predicted octanol–water partition coefficient (Wildman–Crippen LogP) is 7.17. The van der Waals surface area contributed by atoms with Gasteiger partial charge < -0.3 is 10.6 Å². The normalized spacial score (nSPS) is 15.0. The predicted molar refractivity (Wildman–Crippen MR) is 112 cm³/mol. The molecule has 8 heteroatoms. The van der Waals surface area contributed by atoms with Crippen LogP contribution in [0.4, 0.5) is 40.7 Å². The number of alkyl halides is 3. The molecule has 1 heterocycles. The number of halogens is 4. The van der Waals surface area contributed by atoms with Crippen LogP contribution >= 0.6 is 0 Å². The molecular weight excluding hydrogens is 408 g/mol. The lowest BCUT2D eigenvalue weighted by Crippen LogP contribution is -2.12. The van der Waals surface area contributed by atoms with Crippen molar-refractivity contribution in [3.8, 4) is 0 Å². The van der Waals surface area contributed by atoms with Crippen molar-refractivity contribution in [3.63, 3.8) is 0 Å². The van der Waals surface area contributed by atoms with Crippen molar-refractivity contribution in [1.29, 1.82) is 0 Å². The fourth-order valence-electron chi connectivity index (χ4n) is 3.85. The molecule has 31 heavy (non-hydrogen) atoms. The first-order valence-electron chi connectivity index (χ1n) is 10.2. The minimum absolute atomic E-state index is 0.0114. The highest BCUT2D eigenvalue weighted by Gasteiger charge is 2.35. The lowest BCUT2D eigenvalue weighted by atomic mass is 9.84. The zero-order chi connectivity index (χ0) is 21.8. The Kier molecular flexibility index (Phi) is 6.06. The number of nitrogens with zero attached hydrogens (tertiary/aromatic N) is 2. The molecule has 0 unspecified atom stereocenters. The Morgan fingerprint density at radius 2 is 1.61 bits per heavy atom. The summed E-state index contributed by atoms with van der Waals surface area (Å²) in [5.74, 6) is -0.442. The van der Waals surface area contributed by atoms with Gasteiger partial charge in [0.1, 0.15) is 17.2 Å². The summed E-state index contributed by atoms with van der Waals surface area (Å²) in [6.07, 6.45) is 2.20. The summed E-state index contributed by atoms with van der Waals surface area (Å²) in [5.41, 5.74) is 1.07. The van der Waals surface area contributed by atoms with Crippen LogP contribution in [-0.2, 0) is 6.18 Å². The van der Waals surface area contributed by atoms with E-state index in [4.69, 9.17) is 0 Å². The summed E-state index contributed by atoms with van der Waals surface area (Å²) in [5, 5.41) is 5.49.